The topological polar surface area (TPSA) is 141 Å². The SMILES string of the molecule is [2H]C([2H])([2H])NC(=O)c1nnc2cc1Nc1cc(cc(-c3ncn(C4CC4)n3)c1OC)COCc1cc(C)cc(n1)N2. The number of aryl methyl sites for hydroxylation is 1. The number of nitrogens with zero attached hydrogens (tertiary/aromatic N) is 6. The van der Waals surface area contributed by atoms with Crippen LogP contribution in [0.2, 0.25) is 0 Å². The fraction of sp³-hybridized carbons (Fsp3) is 0.308. The van der Waals surface area contributed by atoms with Gasteiger partial charge in [0, 0.05) is 17.2 Å². The summed E-state index contributed by atoms with van der Waals surface area (Å²) in [5, 5.41) is 21.1. The second kappa shape index (κ2) is 9.71. The molecule has 1 aromatic carbocycles. The number of hydrogen-bond donors (Lipinski definition) is 3. The summed E-state index contributed by atoms with van der Waals surface area (Å²) in [7, 11) is 1.52. The average molecular weight is 517 g/mol. The quantitative estimate of drug-likeness (QED) is 0.368. The summed E-state index contributed by atoms with van der Waals surface area (Å²) >= 11 is 0. The summed E-state index contributed by atoms with van der Waals surface area (Å²) in [5.74, 6) is 0.759. The van der Waals surface area contributed by atoms with Crippen LogP contribution >= 0.6 is 0 Å². The van der Waals surface area contributed by atoms with Crippen LogP contribution in [-0.4, -0.2) is 49.9 Å². The van der Waals surface area contributed by atoms with Gasteiger partial charge in [0.25, 0.3) is 5.91 Å². The minimum absolute atomic E-state index is 0.188. The van der Waals surface area contributed by atoms with E-state index in [4.69, 9.17) is 13.6 Å². The minimum atomic E-state index is -2.72. The van der Waals surface area contributed by atoms with E-state index in [1.807, 2.05) is 41.2 Å². The van der Waals surface area contributed by atoms with E-state index in [2.05, 4.69) is 35.9 Å². The fourth-order valence-electron chi connectivity index (χ4n) is 4.37. The van der Waals surface area contributed by atoms with Crippen LogP contribution in [0.25, 0.3) is 11.4 Å². The van der Waals surface area contributed by atoms with Gasteiger partial charge in [-0.3, -0.25) is 4.79 Å². The van der Waals surface area contributed by atoms with E-state index in [-0.39, 0.29) is 30.4 Å². The third-order valence-electron chi connectivity index (χ3n) is 6.21. The van der Waals surface area contributed by atoms with Crippen molar-refractivity contribution in [3.8, 4) is 17.1 Å². The number of hydrogen-bond acceptors (Lipinski definition) is 10. The van der Waals surface area contributed by atoms with Gasteiger partial charge in [-0.15, -0.1) is 10.2 Å². The Balaban J connectivity index is 1.49. The van der Waals surface area contributed by atoms with Gasteiger partial charge >= 0.3 is 0 Å². The Kier molecular flexibility index (Phi) is 5.23. The van der Waals surface area contributed by atoms with E-state index < -0.39 is 12.9 Å². The first-order valence-electron chi connectivity index (χ1n) is 13.6. The van der Waals surface area contributed by atoms with Crippen LogP contribution < -0.4 is 20.7 Å². The van der Waals surface area contributed by atoms with Crippen LogP contribution in [0.4, 0.5) is 23.0 Å². The number of methoxy groups -OCH3 is 1. The zero-order valence-electron chi connectivity index (χ0n) is 23.8. The Labute approximate surface area is 223 Å². The number of fused-ring (bicyclic) bond motifs is 6. The predicted octanol–water partition coefficient (Wildman–Crippen LogP) is 3.66. The number of anilines is 4. The van der Waals surface area contributed by atoms with Crippen LogP contribution in [0, 0.1) is 6.92 Å². The van der Waals surface area contributed by atoms with Crippen LogP contribution in [0.3, 0.4) is 0 Å². The molecule has 1 fully saturated rings. The van der Waals surface area contributed by atoms with Gasteiger partial charge in [0.2, 0.25) is 0 Å². The zero-order chi connectivity index (χ0) is 28.7. The summed E-state index contributed by atoms with van der Waals surface area (Å²) in [4.78, 5) is 22.1. The van der Waals surface area contributed by atoms with Gasteiger partial charge in [-0.25, -0.2) is 14.6 Å². The molecule has 1 amide bonds. The zero-order valence-corrected chi connectivity index (χ0v) is 20.8. The molecule has 3 N–H and O–H groups in total. The predicted molar refractivity (Wildman–Crippen MR) is 140 cm³/mol. The highest BCUT2D eigenvalue weighted by atomic mass is 16.5. The summed E-state index contributed by atoms with van der Waals surface area (Å²) < 4.78 is 36.1. The smallest absolute Gasteiger partial charge is 0.273 e. The molecule has 1 saturated carbocycles. The molecule has 38 heavy (non-hydrogen) atoms. The summed E-state index contributed by atoms with van der Waals surface area (Å²) in [6.07, 6.45) is 3.82. The number of amides is 1. The largest absolute Gasteiger partial charge is 0.494 e. The molecule has 0 radical (unpaired) electrons. The van der Waals surface area contributed by atoms with Crippen molar-refractivity contribution < 1.29 is 18.4 Å². The highest BCUT2D eigenvalue weighted by molar-refractivity contribution is 5.99. The maximum Gasteiger partial charge on any atom is 0.273 e. The molecule has 3 aromatic heterocycles. The van der Waals surface area contributed by atoms with Crippen LogP contribution in [0.15, 0.2) is 36.7 Å². The van der Waals surface area contributed by atoms with E-state index in [0.29, 0.717) is 40.4 Å². The lowest BCUT2D eigenvalue weighted by atomic mass is 10.1. The Morgan fingerprint density at radius 2 is 2.03 bits per heavy atom. The monoisotopic (exact) mass is 516 g/mol. The van der Waals surface area contributed by atoms with Crippen molar-refractivity contribution in [2.45, 2.75) is 39.0 Å². The normalized spacial score (nSPS) is 16.1. The molecule has 0 atom stereocenters. The Hall–Kier alpha value is -4.58. The lowest BCUT2D eigenvalue weighted by Crippen LogP contribution is -2.21. The van der Waals surface area contributed by atoms with E-state index in [9.17, 15) is 4.79 Å². The molecule has 12 nitrogen and oxygen atoms in total. The summed E-state index contributed by atoms with van der Waals surface area (Å²) in [6, 6.07) is 9.39. The first-order chi connectivity index (χ1) is 19.6. The molecular formula is C26H27N9O3. The van der Waals surface area contributed by atoms with Crippen LogP contribution in [0.1, 0.15) is 50.3 Å². The van der Waals surface area contributed by atoms with Crippen LogP contribution in [-0.2, 0) is 18.0 Å². The number of pyridine rings is 1. The molecule has 1 aliphatic carbocycles. The van der Waals surface area contributed by atoms with Gasteiger partial charge in [-0.2, -0.15) is 5.10 Å². The van der Waals surface area contributed by atoms with E-state index in [1.54, 1.807) is 12.4 Å². The summed E-state index contributed by atoms with van der Waals surface area (Å²) in [5.41, 5.74) is 3.50. The molecule has 12 heteroatoms. The van der Waals surface area contributed by atoms with Crippen molar-refractivity contribution >= 4 is 28.9 Å². The number of ether oxygens (including phenoxy) is 2. The van der Waals surface area contributed by atoms with Gasteiger partial charge in [0.1, 0.15) is 12.1 Å². The molecule has 4 heterocycles. The third-order valence-corrected chi connectivity index (χ3v) is 6.21. The number of rotatable bonds is 4. The number of benzene rings is 1. The Morgan fingerprint density at radius 1 is 1.13 bits per heavy atom. The van der Waals surface area contributed by atoms with Crippen molar-refractivity contribution in [3.05, 3.63) is 59.2 Å². The van der Waals surface area contributed by atoms with Gasteiger partial charge in [0.15, 0.2) is 23.1 Å². The molecule has 0 spiro atoms. The first kappa shape index (κ1) is 20.5. The highest BCUT2D eigenvalue weighted by Gasteiger charge is 2.26. The standard InChI is InChI=1S/C26H27N9O3/c1-14-6-16-12-38-11-15-8-18(25-28-13-35(34-25)17-4-5-17)24(37-3)20(9-15)30-19-10-22(31-21(7-14)29-16)32-33-23(19)26(36)27-2/h6-10,13,17,30H,4-5,11-12H2,1-3H3,(H,27,36)(H,29,31,32)/i2D3. The van der Waals surface area contributed by atoms with Gasteiger partial charge in [-0.05, 0) is 55.2 Å². The molecule has 0 unspecified atom stereocenters. The molecule has 1 aliphatic heterocycles. The molecule has 194 valence electrons. The second-order valence-electron chi connectivity index (χ2n) is 9.21. The Morgan fingerprint density at radius 3 is 2.84 bits per heavy atom. The lowest BCUT2D eigenvalue weighted by Gasteiger charge is -2.19. The van der Waals surface area contributed by atoms with Gasteiger partial charge in [0.05, 0.1) is 49.0 Å². The van der Waals surface area contributed by atoms with Crippen LogP contribution in [0.5, 0.6) is 5.75 Å². The molecule has 2 aliphatic rings. The number of carbonyl (C=O) groups excluding carboxylic acids is 1. The van der Waals surface area contributed by atoms with Crippen molar-refractivity contribution in [2.75, 3.05) is 24.7 Å². The maximum atomic E-state index is 13.0. The first-order valence-corrected chi connectivity index (χ1v) is 12.1. The molecule has 0 saturated heterocycles. The number of carbonyl (C=O) groups is 1. The van der Waals surface area contributed by atoms with Crippen molar-refractivity contribution in [1.29, 1.82) is 0 Å². The minimum Gasteiger partial charge on any atom is -0.494 e. The van der Waals surface area contributed by atoms with E-state index >= 15 is 0 Å². The number of nitrogens with one attached hydrogen (secondary N) is 3. The highest BCUT2D eigenvalue weighted by Crippen LogP contribution is 2.40. The fourth-order valence-corrected chi connectivity index (χ4v) is 4.37. The van der Waals surface area contributed by atoms with E-state index in [0.717, 1.165) is 24.0 Å². The van der Waals surface area contributed by atoms with Gasteiger partial charge in [-0.1, -0.05) is 0 Å². The maximum absolute atomic E-state index is 13.0. The van der Waals surface area contributed by atoms with Crippen molar-refractivity contribution in [3.63, 3.8) is 0 Å². The van der Waals surface area contributed by atoms with Crippen molar-refractivity contribution in [2.24, 2.45) is 0 Å². The van der Waals surface area contributed by atoms with Gasteiger partial charge < -0.3 is 25.4 Å². The Bertz CT molecular complexity index is 1640. The molecular weight excluding hydrogens is 486 g/mol. The summed E-state index contributed by atoms with van der Waals surface area (Å²) in [6.45, 7) is -0.282. The molecule has 6 bridgehead atoms. The lowest BCUT2D eigenvalue weighted by molar-refractivity contribution is 0.0958. The third kappa shape index (κ3) is 4.73. The molecule has 4 aromatic rings. The second-order valence-corrected chi connectivity index (χ2v) is 9.21. The van der Waals surface area contributed by atoms with Crippen molar-refractivity contribution in [1.82, 2.24) is 35.3 Å². The van der Waals surface area contributed by atoms with E-state index in [1.165, 1.54) is 7.11 Å². The number of aromatic nitrogens is 6. The molecule has 6 rings (SSSR count). The average Bonchev–Trinajstić information content (AvgIpc) is 3.63.